The molecular formula is C19H28N2O3S. The van der Waals surface area contributed by atoms with E-state index in [-0.39, 0.29) is 18.2 Å². The first kappa shape index (κ1) is 18.4. The van der Waals surface area contributed by atoms with E-state index in [4.69, 9.17) is 0 Å². The highest BCUT2D eigenvalue weighted by Gasteiger charge is 2.26. The fourth-order valence-electron chi connectivity index (χ4n) is 3.88. The lowest BCUT2D eigenvalue weighted by Gasteiger charge is -2.28. The second kappa shape index (κ2) is 8.32. The number of carbonyl (C=O) groups excluding carboxylic acids is 1. The quantitative estimate of drug-likeness (QED) is 0.808. The maximum Gasteiger partial charge on any atom is 0.220 e. The molecule has 6 heteroatoms. The summed E-state index contributed by atoms with van der Waals surface area (Å²) in [5.74, 6) is 0.638. The van der Waals surface area contributed by atoms with Gasteiger partial charge >= 0.3 is 0 Å². The summed E-state index contributed by atoms with van der Waals surface area (Å²) in [5, 5.41) is 2.78. The van der Waals surface area contributed by atoms with Gasteiger partial charge in [-0.15, -0.1) is 0 Å². The van der Waals surface area contributed by atoms with Crippen LogP contribution in [0, 0.1) is 5.92 Å². The number of rotatable bonds is 7. The summed E-state index contributed by atoms with van der Waals surface area (Å²) in [7, 11) is -3.33. The van der Waals surface area contributed by atoms with Gasteiger partial charge in [-0.1, -0.05) is 49.9 Å². The van der Waals surface area contributed by atoms with Crippen molar-refractivity contribution in [2.24, 2.45) is 5.92 Å². The lowest BCUT2D eigenvalue weighted by Crippen LogP contribution is -2.40. The minimum atomic E-state index is -3.33. The summed E-state index contributed by atoms with van der Waals surface area (Å²) in [6.07, 6.45) is 7.23. The fraction of sp³-hybridized carbons (Fsp3) is 0.632. The number of fused-ring (bicyclic) bond motifs is 1. The van der Waals surface area contributed by atoms with Crippen LogP contribution in [0.4, 0.5) is 0 Å². The molecular weight excluding hydrogens is 336 g/mol. The molecule has 2 aliphatic rings. The van der Waals surface area contributed by atoms with Crippen LogP contribution in [0.3, 0.4) is 0 Å². The van der Waals surface area contributed by atoms with Gasteiger partial charge in [-0.2, -0.15) is 4.31 Å². The molecule has 138 valence electrons. The third-order valence-electron chi connectivity index (χ3n) is 5.43. The molecule has 1 aromatic carbocycles. The molecule has 25 heavy (non-hydrogen) atoms. The van der Waals surface area contributed by atoms with Crippen LogP contribution in [0.1, 0.15) is 49.7 Å². The second-order valence-electron chi connectivity index (χ2n) is 7.21. The van der Waals surface area contributed by atoms with Gasteiger partial charge < -0.3 is 5.32 Å². The Morgan fingerprint density at radius 3 is 2.64 bits per heavy atom. The van der Waals surface area contributed by atoms with Crippen LogP contribution in [-0.4, -0.2) is 37.5 Å². The summed E-state index contributed by atoms with van der Waals surface area (Å²) < 4.78 is 26.6. The zero-order valence-corrected chi connectivity index (χ0v) is 15.6. The Hall–Kier alpha value is -1.40. The van der Waals surface area contributed by atoms with E-state index in [0.717, 1.165) is 18.4 Å². The van der Waals surface area contributed by atoms with Crippen LogP contribution >= 0.6 is 0 Å². The lowest BCUT2D eigenvalue weighted by atomic mass is 10.0. The number of benzene rings is 1. The SMILES string of the molecule is O=C(CCC1CCCC1)NCCS(=O)(=O)N1CCc2ccccc2C1. The smallest absolute Gasteiger partial charge is 0.220 e. The molecule has 1 heterocycles. The van der Waals surface area contributed by atoms with Crippen molar-refractivity contribution in [3.8, 4) is 0 Å². The third-order valence-corrected chi connectivity index (χ3v) is 7.24. The average molecular weight is 365 g/mol. The molecule has 0 aromatic heterocycles. The molecule has 1 N–H and O–H groups in total. The van der Waals surface area contributed by atoms with Gasteiger partial charge in [-0.05, 0) is 29.9 Å². The maximum absolute atomic E-state index is 12.5. The van der Waals surface area contributed by atoms with E-state index in [1.54, 1.807) is 4.31 Å². The van der Waals surface area contributed by atoms with E-state index in [9.17, 15) is 13.2 Å². The molecule has 0 atom stereocenters. The molecule has 1 aliphatic carbocycles. The zero-order valence-electron chi connectivity index (χ0n) is 14.7. The van der Waals surface area contributed by atoms with Crippen molar-refractivity contribution in [1.29, 1.82) is 0 Å². The number of amides is 1. The molecule has 3 rings (SSSR count). The van der Waals surface area contributed by atoms with E-state index in [1.165, 1.54) is 31.2 Å². The summed E-state index contributed by atoms with van der Waals surface area (Å²) in [5.41, 5.74) is 2.31. The molecule has 1 aliphatic heterocycles. The van der Waals surface area contributed by atoms with Crippen molar-refractivity contribution in [1.82, 2.24) is 9.62 Å². The zero-order chi connectivity index (χ0) is 17.7. The van der Waals surface area contributed by atoms with Crippen LogP contribution in [0.15, 0.2) is 24.3 Å². The molecule has 0 bridgehead atoms. The number of nitrogens with one attached hydrogen (secondary N) is 1. The first-order valence-electron chi connectivity index (χ1n) is 9.36. The molecule has 0 saturated heterocycles. The van der Waals surface area contributed by atoms with Crippen LogP contribution in [0.2, 0.25) is 0 Å². The van der Waals surface area contributed by atoms with E-state index >= 15 is 0 Å². The van der Waals surface area contributed by atoms with Gasteiger partial charge in [0.1, 0.15) is 0 Å². The molecule has 0 radical (unpaired) electrons. The summed E-state index contributed by atoms with van der Waals surface area (Å²) in [6, 6.07) is 7.98. The topological polar surface area (TPSA) is 66.5 Å². The van der Waals surface area contributed by atoms with Crippen LogP contribution < -0.4 is 5.32 Å². The average Bonchev–Trinajstić information content (AvgIpc) is 3.13. The summed E-state index contributed by atoms with van der Waals surface area (Å²) in [6.45, 7) is 1.16. The Morgan fingerprint density at radius 1 is 1.16 bits per heavy atom. The maximum atomic E-state index is 12.5. The summed E-state index contributed by atoms with van der Waals surface area (Å²) >= 11 is 0. The molecule has 0 unspecified atom stereocenters. The molecule has 1 fully saturated rings. The van der Waals surface area contributed by atoms with Crippen LogP contribution in [0.5, 0.6) is 0 Å². The number of hydrogen-bond donors (Lipinski definition) is 1. The van der Waals surface area contributed by atoms with Gasteiger partial charge in [0.15, 0.2) is 0 Å². The van der Waals surface area contributed by atoms with Gasteiger partial charge in [0.05, 0.1) is 5.75 Å². The Kier molecular flexibility index (Phi) is 6.12. The third kappa shape index (κ3) is 5.05. The molecule has 1 saturated carbocycles. The van der Waals surface area contributed by atoms with Crippen molar-refractivity contribution in [2.45, 2.75) is 51.5 Å². The summed E-state index contributed by atoms with van der Waals surface area (Å²) in [4.78, 5) is 11.9. The minimum Gasteiger partial charge on any atom is -0.355 e. The molecule has 1 amide bonds. The number of sulfonamides is 1. The first-order valence-corrected chi connectivity index (χ1v) is 11.0. The minimum absolute atomic E-state index is 0.0221. The van der Waals surface area contributed by atoms with Gasteiger partial charge in [-0.3, -0.25) is 4.79 Å². The number of carbonyl (C=O) groups is 1. The Labute approximate surface area is 150 Å². The van der Waals surface area contributed by atoms with Crippen molar-refractivity contribution in [3.05, 3.63) is 35.4 Å². The van der Waals surface area contributed by atoms with Crippen molar-refractivity contribution < 1.29 is 13.2 Å². The highest BCUT2D eigenvalue weighted by Crippen LogP contribution is 2.28. The Morgan fingerprint density at radius 2 is 1.88 bits per heavy atom. The molecule has 1 aromatic rings. The van der Waals surface area contributed by atoms with Gasteiger partial charge in [0.2, 0.25) is 15.9 Å². The second-order valence-corrected chi connectivity index (χ2v) is 9.30. The monoisotopic (exact) mass is 364 g/mol. The van der Waals surface area contributed by atoms with Crippen LogP contribution in [-0.2, 0) is 27.8 Å². The predicted molar refractivity (Wildman–Crippen MR) is 98.5 cm³/mol. The number of nitrogens with zero attached hydrogens (tertiary/aromatic N) is 1. The van der Waals surface area contributed by atoms with Gasteiger partial charge in [-0.25, -0.2) is 8.42 Å². The normalized spacial score (nSPS) is 18.9. The van der Waals surface area contributed by atoms with Crippen molar-refractivity contribution >= 4 is 15.9 Å². The number of hydrogen-bond acceptors (Lipinski definition) is 3. The van der Waals surface area contributed by atoms with E-state index in [2.05, 4.69) is 11.4 Å². The van der Waals surface area contributed by atoms with Crippen LogP contribution in [0.25, 0.3) is 0 Å². The van der Waals surface area contributed by atoms with Crippen molar-refractivity contribution in [2.75, 3.05) is 18.8 Å². The molecule has 5 nitrogen and oxygen atoms in total. The van der Waals surface area contributed by atoms with E-state index < -0.39 is 10.0 Å². The molecule has 0 spiro atoms. The Bertz CT molecular complexity index is 696. The largest absolute Gasteiger partial charge is 0.355 e. The van der Waals surface area contributed by atoms with Gasteiger partial charge in [0.25, 0.3) is 0 Å². The standard InChI is InChI=1S/C19H28N2O3S/c22-19(10-9-16-5-1-2-6-16)20-12-14-25(23,24)21-13-11-17-7-3-4-8-18(17)15-21/h3-4,7-8,16H,1-2,5-6,9-15H2,(H,20,22). The Balaban J connectivity index is 1.42. The van der Waals surface area contributed by atoms with Crippen molar-refractivity contribution in [3.63, 3.8) is 0 Å². The predicted octanol–water partition coefficient (Wildman–Crippen LogP) is 2.46. The highest BCUT2D eigenvalue weighted by atomic mass is 32.2. The van der Waals surface area contributed by atoms with Gasteiger partial charge in [0, 0.05) is 26.1 Å². The fourth-order valence-corrected chi connectivity index (χ4v) is 5.20. The lowest BCUT2D eigenvalue weighted by molar-refractivity contribution is -0.121. The first-order chi connectivity index (χ1) is 12.0. The van der Waals surface area contributed by atoms with E-state index in [0.29, 0.717) is 25.4 Å². The van der Waals surface area contributed by atoms with E-state index in [1.807, 2.05) is 18.2 Å². The highest BCUT2D eigenvalue weighted by molar-refractivity contribution is 7.89.